The second-order valence-electron chi connectivity index (χ2n) is 8.28. The smallest absolute Gasteiger partial charge is 0.221 e. The number of imidazole rings is 1. The van der Waals surface area contributed by atoms with Crippen LogP contribution in [-0.4, -0.2) is 76.4 Å². The molecule has 2 saturated heterocycles. The summed E-state index contributed by atoms with van der Waals surface area (Å²) in [6.07, 6.45) is 6.30. The molecule has 0 unspecified atom stereocenters. The third-order valence-corrected chi connectivity index (χ3v) is 6.25. The number of carbonyl (C=O) groups excluding carboxylic acids is 2. The lowest BCUT2D eigenvalue weighted by molar-refractivity contribution is -0.123. The summed E-state index contributed by atoms with van der Waals surface area (Å²) >= 11 is 0. The highest BCUT2D eigenvalue weighted by Gasteiger charge is 2.32. The van der Waals surface area contributed by atoms with E-state index in [4.69, 9.17) is 0 Å². The van der Waals surface area contributed by atoms with Gasteiger partial charge in [0.15, 0.2) is 0 Å². The maximum Gasteiger partial charge on any atom is 0.221 e. The van der Waals surface area contributed by atoms with Gasteiger partial charge < -0.3 is 15.6 Å². The first-order valence-corrected chi connectivity index (χ1v) is 10.4. The average molecular weight is 391 g/mol. The molecule has 0 bridgehead atoms. The van der Waals surface area contributed by atoms with E-state index in [-0.39, 0.29) is 23.9 Å². The van der Waals surface area contributed by atoms with Crippen molar-refractivity contribution in [2.24, 2.45) is 0 Å². The van der Waals surface area contributed by atoms with E-state index in [1.807, 2.05) is 0 Å². The molecule has 2 fully saturated rings. The molecule has 2 amide bonds. The summed E-state index contributed by atoms with van der Waals surface area (Å²) in [5, 5.41) is 6.13. The fourth-order valence-electron chi connectivity index (χ4n) is 4.34. The third-order valence-electron chi connectivity index (χ3n) is 6.25. The minimum atomic E-state index is 0.00313. The first kappa shape index (κ1) is 20.8. The van der Waals surface area contributed by atoms with Crippen LogP contribution in [0, 0.1) is 6.92 Å². The SMILES string of the molecule is CC(=O)NC[C@H]1CC[C@@H](CC(=O)NC2CCN(Cc3nc[nH]c3C)CC2)N1C. The fraction of sp³-hybridized carbons (Fsp3) is 0.750. The summed E-state index contributed by atoms with van der Waals surface area (Å²) in [4.78, 5) is 35.8. The van der Waals surface area contributed by atoms with Gasteiger partial charge in [0.1, 0.15) is 0 Å². The lowest BCUT2D eigenvalue weighted by atomic mass is 10.0. The number of hydrogen-bond acceptors (Lipinski definition) is 5. The van der Waals surface area contributed by atoms with Crippen molar-refractivity contribution in [3.8, 4) is 0 Å². The van der Waals surface area contributed by atoms with E-state index < -0.39 is 0 Å². The molecule has 3 N–H and O–H groups in total. The number of aromatic amines is 1. The minimum Gasteiger partial charge on any atom is -0.355 e. The lowest BCUT2D eigenvalue weighted by Crippen LogP contribution is -2.46. The van der Waals surface area contributed by atoms with Crippen LogP contribution >= 0.6 is 0 Å². The van der Waals surface area contributed by atoms with Crippen molar-refractivity contribution in [1.29, 1.82) is 0 Å². The summed E-state index contributed by atoms with van der Waals surface area (Å²) < 4.78 is 0. The molecular formula is C20H34N6O2. The van der Waals surface area contributed by atoms with Crippen LogP contribution in [0.1, 0.15) is 50.4 Å². The maximum atomic E-state index is 12.5. The largest absolute Gasteiger partial charge is 0.355 e. The number of rotatable bonds is 7. The highest BCUT2D eigenvalue weighted by atomic mass is 16.2. The Morgan fingerprint density at radius 1 is 1.21 bits per heavy atom. The van der Waals surface area contributed by atoms with Crippen molar-refractivity contribution < 1.29 is 9.59 Å². The number of hydrogen-bond donors (Lipinski definition) is 3. The van der Waals surface area contributed by atoms with Crippen LogP contribution < -0.4 is 10.6 Å². The molecule has 28 heavy (non-hydrogen) atoms. The topological polar surface area (TPSA) is 93.4 Å². The maximum absolute atomic E-state index is 12.5. The van der Waals surface area contributed by atoms with Gasteiger partial charge in [0, 0.05) is 63.3 Å². The van der Waals surface area contributed by atoms with Crippen LogP contribution in [0.4, 0.5) is 0 Å². The van der Waals surface area contributed by atoms with Crippen molar-refractivity contribution >= 4 is 11.8 Å². The van der Waals surface area contributed by atoms with E-state index in [9.17, 15) is 9.59 Å². The number of nitrogens with one attached hydrogen (secondary N) is 3. The van der Waals surface area contributed by atoms with Crippen molar-refractivity contribution in [1.82, 2.24) is 30.4 Å². The lowest BCUT2D eigenvalue weighted by Gasteiger charge is -2.32. The number of likely N-dealkylation sites (N-methyl/N-ethyl adjacent to an activating group) is 1. The zero-order chi connectivity index (χ0) is 20.1. The highest BCUT2D eigenvalue weighted by molar-refractivity contribution is 5.77. The molecule has 0 aromatic carbocycles. The van der Waals surface area contributed by atoms with Gasteiger partial charge in [-0.25, -0.2) is 4.98 Å². The first-order chi connectivity index (χ1) is 13.4. The average Bonchev–Trinajstić information content (AvgIpc) is 3.21. The number of carbonyl (C=O) groups is 2. The van der Waals surface area contributed by atoms with Gasteiger partial charge in [-0.05, 0) is 39.7 Å². The molecule has 2 aliphatic rings. The number of aryl methyl sites for hydroxylation is 1. The molecular weight excluding hydrogens is 356 g/mol. The Balaban J connectivity index is 1.37. The van der Waals surface area contributed by atoms with Gasteiger partial charge >= 0.3 is 0 Å². The molecule has 1 aromatic rings. The Morgan fingerprint density at radius 3 is 2.57 bits per heavy atom. The zero-order valence-corrected chi connectivity index (χ0v) is 17.3. The quantitative estimate of drug-likeness (QED) is 0.640. The van der Waals surface area contributed by atoms with Crippen LogP contribution in [0.3, 0.4) is 0 Å². The third kappa shape index (κ3) is 5.54. The molecule has 8 nitrogen and oxygen atoms in total. The Morgan fingerprint density at radius 2 is 1.93 bits per heavy atom. The number of nitrogens with zero attached hydrogens (tertiary/aromatic N) is 3. The van der Waals surface area contributed by atoms with Gasteiger partial charge in [-0.15, -0.1) is 0 Å². The van der Waals surface area contributed by atoms with Crippen molar-refractivity contribution in [3.05, 3.63) is 17.7 Å². The summed E-state index contributed by atoms with van der Waals surface area (Å²) in [6.45, 7) is 7.10. The normalized spacial score (nSPS) is 24.4. The Labute approximate surface area is 167 Å². The number of H-pyrrole nitrogens is 1. The number of amides is 2. The van der Waals surface area contributed by atoms with E-state index >= 15 is 0 Å². The number of piperidine rings is 1. The van der Waals surface area contributed by atoms with Gasteiger partial charge in [0.05, 0.1) is 12.0 Å². The van der Waals surface area contributed by atoms with Crippen molar-refractivity contribution in [2.75, 3.05) is 26.7 Å². The molecule has 0 spiro atoms. The highest BCUT2D eigenvalue weighted by Crippen LogP contribution is 2.24. The van der Waals surface area contributed by atoms with E-state index in [1.165, 1.54) is 0 Å². The van der Waals surface area contributed by atoms with Crippen molar-refractivity contribution in [2.45, 2.75) is 70.6 Å². The van der Waals surface area contributed by atoms with Crippen LogP contribution in [0.5, 0.6) is 0 Å². The van der Waals surface area contributed by atoms with Crippen LogP contribution in [0.2, 0.25) is 0 Å². The zero-order valence-electron chi connectivity index (χ0n) is 17.3. The van der Waals surface area contributed by atoms with E-state index in [2.05, 4.69) is 44.4 Å². The van der Waals surface area contributed by atoms with E-state index in [1.54, 1.807) is 13.3 Å². The minimum absolute atomic E-state index is 0.00313. The Bertz CT molecular complexity index is 667. The van der Waals surface area contributed by atoms with Gasteiger partial charge in [-0.1, -0.05) is 0 Å². The Hall–Kier alpha value is -1.93. The second kappa shape index (κ2) is 9.52. The molecule has 1 aromatic heterocycles. The molecule has 156 valence electrons. The van der Waals surface area contributed by atoms with Gasteiger partial charge in [-0.3, -0.25) is 19.4 Å². The first-order valence-electron chi connectivity index (χ1n) is 10.4. The molecule has 0 radical (unpaired) electrons. The number of aromatic nitrogens is 2. The van der Waals surface area contributed by atoms with Crippen LogP contribution in [0.15, 0.2) is 6.33 Å². The van der Waals surface area contributed by atoms with Gasteiger partial charge in [-0.2, -0.15) is 0 Å². The second-order valence-corrected chi connectivity index (χ2v) is 8.28. The summed E-state index contributed by atoms with van der Waals surface area (Å²) in [6, 6.07) is 0.864. The molecule has 0 saturated carbocycles. The molecule has 8 heteroatoms. The van der Waals surface area contributed by atoms with Gasteiger partial charge in [0.2, 0.25) is 11.8 Å². The van der Waals surface area contributed by atoms with Crippen molar-refractivity contribution in [3.63, 3.8) is 0 Å². The predicted molar refractivity (Wildman–Crippen MR) is 108 cm³/mol. The molecule has 2 atom stereocenters. The fourth-order valence-corrected chi connectivity index (χ4v) is 4.34. The molecule has 3 heterocycles. The summed E-state index contributed by atoms with van der Waals surface area (Å²) in [7, 11) is 2.06. The van der Waals surface area contributed by atoms with Crippen LogP contribution in [0.25, 0.3) is 0 Å². The number of likely N-dealkylation sites (tertiary alicyclic amines) is 2. The standard InChI is InChI=1S/C20H34N6O2/c1-14-19(23-13-22-14)12-26-8-6-16(7-9-26)24-20(28)10-17-4-5-18(25(17)3)11-21-15(2)27/h13,16-18H,4-12H2,1-3H3,(H,21,27)(H,22,23)(H,24,28)/t17-,18+/m0/s1. The van der Waals surface area contributed by atoms with Gasteiger partial charge in [0.25, 0.3) is 0 Å². The summed E-state index contributed by atoms with van der Waals surface area (Å²) in [5.41, 5.74) is 2.24. The van der Waals surface area contributed by atoms with E-state index in [0.29, 0.717) is 19.0 Å². The molecule has 3 rings (SSSR count). The molecule has 2 aliphatic heterocycles. The van der Waals surface area contributed by atoms with Crippen LogP contribution in [-0.2, 0) is 16.1 Å². The van der Waals surface area contributed by atoms with E-state index in [0.717, 1.165) is 56.7 Å². The molecule has 0 aliphatic carbocycles. The monoisotopic (exact) mass is 390 g/mol. The Kier molecular flexibility index (Phi) is 7.07. The predicted octanol–water partition coefficient (Wildman–Crippen LogP) is 0.788. The summed E-state index contributed by atoms with van der Waals surface area (Å²) in [5.74, 6) is 0.155.